The summed E-state index contributed by atoms with van der Waals surface area (Å²) < 4.78 is 22.7. The van der Waals surface area contributed by atoms with Gasteiger partial charge in [-0.15, -0.1) is 0 Å². The minimum Gasteiger partial charge on any atom is -0.480 e. The van der Waals surface area contributed by atoms with Gasteiger partial charge in [-0.05, 0) is 12.3 Å². The molecule has 0 aromatic rings. The van der Waals surface area contributed by atoms with Crippen LogP contribution >= 0.6 is 0 Å². The highest BCUT2D eigenvalue weighted by molar-refractivity contribution is 7.91. The van der Waals surface area contributed by atoms with Gasteiger partial charge in [0.25, 0.3) is 0 Å². The Bertz CT molecular complexity index is 482. The van der Waals surface area contributed by atoms with Crippen molar-refractivity contribution in [1.29, 1.82) is 0 Å². The number of hydrogen-bond donors (Lipinski definition) is 1. The van der Waals surface area contributed by atoms with Crippen molar-refractivity contribution in [3.05, 3.63) is 0 Å². The molecule has 2 saturated heterocycles. The molecule has 7 nitrogen and oxygen atoms in total. The molecule has 0 aliphatic carbocycles. The third-order valence-electron chi connectivity index (χ3n) is 3.87. The lowest BCUT2D eigenvalue weighted by atomic mass is 10.0. The first kappa shape index (κ1) is 15.2. The Kier molecular flexibility index (Phi) is 4.64. The summed E-state index contributed by atoms with van der Waals surface area (Å²) in [7, 11) is -2.94. The third kappa shape index (κ3) is 4.17. The van der Waals surface area contributed by atoms with E-state index in [9.17, 15) is 18.0 Å². The quantitative estimate of drug-likeness (QED) is 0.719. The van der Waals surface area contributed by atoms with E-state index in [2.05, 4.69) is 0 Å². The van der Waals surface area contributed by atoms with Crippen molar-refractivity contribution < 1.29 is 23.1 Å². The number of carboxylic acids is 1. The normalized spacial score (nSPS) is 26.6. The van der Waals surface area contributed by atoms with E-state index in [0.29, 0.717) is 32.6 Å². The molecule has 2 aliphatic heterocycles. The second kappa shape index (κ2) is 6.09. The Morgan fingerprint density at radius 2 is 1.80 bits per heavy atom. The average molecular weight is 304 g/mol. The smallest absolute Gasteiger partial charge is 0.317 e. The number of carbonyl (C=O) groups is 2. The van der Waals surface area contributed by atoms with Gasteiger partial charge in [-0.1, -0.05) is 0 Å². The summed E-state index contributed by atoms with van der Waals surface area (Å²) in [6.45, 7) is 2.15. The maximum absolute atomic E-state index is 12.1. The monoisotopic (exact) mass is 304 g/mol. The van der Waals surface area contributed by atoms with E-state index in [0.717, 1.165) is 0 Å². The van der Waals surface area contributed by atoms with Gasteiger partial charge in [-0.25, -0.2) is 8.42 Å². The van der Waals surface area contributed by atoms with E-state index >= 15 is 0 Å². The van der Waals surface area contributed by atoms with Crippen LogP contribution in [-0.4, -0.2) is 79.4 Å². The number of sulfone groups is 1. The zero-order chi connectivity index (χ0) is 14.8. The highest BCUT2D eigenvalue weighted by atomic mass is 32.2. The molecule has 2 heterocycles. The van der Waals surface area contributed by atoms with Crippen molar-refractivity contribution in [2.75, 3.05) is 44.2 Å². The van der Waals surface area contributed by atoms with E-state index in [1.54, 1.807) is 9.80 Å². The molecule has 0 spiro atoms. The summed E-state index contributed by atoms with van der Waals surface area (Å²) >= 11 is 0. The molecule has 0 radical (unpaired) electrons. The van der Waals surface area contributed by atoms with E-state index in [4.69, 9.17) is 5.11 Å². The zero-order valence-electron chi connectivity index (χ0n) is 11.3. The lowest BCUT2D eigenvalue weighted by molar-refractivity contribution is -0.139. The van der Waals surface area contributed by atoms with Crippen LogP contribution in [0.25, 0.3) is 0 Å². The summed E-state index contributed by atoms with van der Waals surface area (Å²) in [5, 5.41) is 8.70. The fourth-order valence-corrected chi connectivity index (χ4v) is 4.62. The van der Waals surface area contributed by atoms with E-state index in [-0.39, 0.29) is 36.3 Å². The number of nitrogens with zero attached hydrogens (tertiary/aromatic N) is 2. The van der Waals surface area contributed by atoms with Gasteiger partial charge in [0.15, 0.2) is 9.84 Å². The lowest BCUT2D eigenvalue weighted by Crippen LogP contribution is -2.50. The molecular weight excluding hydrogens is 284 g/mol. The first-order chi connectivity index (χ1) is 9.35. The van der Waals surface area contributed by atoms with Crippen LogP contribution < -0.4 is 0 Å². The largest absolute Gasteiger partial charge is 0.480 e. The number of rotatable bonds is 4. The fourth-order valence-electron chi connectivity index (χ4n) is 2.76. The molecule has 0 bridgehead atoms. The van der Waals surface area contributed by atoms with Crippen LogP contribution in [-0.2, 0) is 19.4 Å². The molecule has 8 heteroatoms. The van der Waals surface area contributed by atoms with Gasteiger partial charge in [0.1, 0.15) is 0 Å². The van der Waals surface area contributed by atoms with Gasteiger partial charge in [0.05, 0.1) is 18.1 Å². The number of amides is 1. The van der Waals surface area contributed by atoms with Crippen LogP contribution in [0.4, 0.5) is 0 Å². The second-order valence-corrected chi connectivity index (χ2v) is 7.75. The van der Waals surface area contributed by atoms with Crippen LogP contribution in [0, 0.1) is 5.92 Å². The molecule has 0 aromatic heterocycles. The van der Waals surface area contributed by atoms with Crippen molar-refractivity contribution in [3.8, 4) is 0 Å². The molecule has 1 N–H and O–H groups in total. The van der Waals surface area contributed by atoms with Gasteiger partial charge < -0.3 is 10.0 Å². The van der Waals surface area contributed by atoms with E-state index in [1.165, 1.54) is 0 Å². The molecule has 114 valence electrons. The van der Waals surface area contributed by atoms with Gasteiger partial charge in [0.2, 0.25) is 5.91 Å². The van der Waals surface area contributed by atoms with Gasteiger partial charge in [-0.2, -0.15) is 0 Å². The molecule has 20 heavy (non-hydrogen) atoms. The van der Waals surface area contributed by atoms with Crippen LogP contribution in [0.5, 0.6) is 0 Å². The topological polar surface area (TPSA) is 95.0 Å². The highest BCUT2D eigenvalue weighted by Gasteiger charge is 2.31. The first-order valence-corrected chi connectivity index (χ1v) is 8.60. The Labute approximate surface area is 118 Å². The maximum Gasteiger partial charge on any atom is 0.317 e. The molecule has 1 atom stereocenters. The summed E-state index contributed by atoms with van der Waals surface area (Å²) in [5.41, 5.74) is 0. The SMILES string of the molecule is O=C(O)CN1CCN(C(=O)CC2CCS(=O)(=O)C2)CC1. The molecule has 2 rings (SSSR count). The summed E-state index contributed by atoms with van der Waals surface area (Å²) in [6.07, 6.45) is 0.866. The predicted octanol–water partition coefficient (Wildman–Crippen LogP) is -0.960. The number of hydrogen-bond acceptors (Lipinski definition) is 5. The van der Waals surface area contributed by atoms with Crippen LogP contribution in [0.1, 0.15) is 12.8 Å². The molecular formula is C12H20N2O5S. The van der Waals surface area contributed by atoms with Crippen LogP contribution in [0.3, 0.4) is 0 Å². The number of piperazine rings is 1. The van der Waals surface area contributed by atoms with E-state index in [1.807, 2.05) is 0 Å². The van der Waals surface area contributed by atoms with Crippen molar-refractivity contribution in [1.82, 2.24) is 9.80 Å². The second-order valence-electron chi connectivity index (χ2n) is 5.52. The third-order valence-corrected chi connectivity index (χ3v) is 5.71. The Balaban J connectivity index is 1.76. The predicted molar refractivity (Wildman–Crippen MR) is 72.0 cm³/mol. The summed E-state index contributed by atoms with van der Waals surface area (Å²) in [5.74, 6) is -0.609. The Morgan fingerprint density at radius 3 is 2.30 bits per heavy atom. The Hall–Kier alpha value is -1.15. The molecule has 1 unspecified atom stereocenters. The number of aliphatic carboxylic acids is 1. The van der Waals surface area contributed by atoms with Crippen molar-refractivity contribution in [3.63, 3.8) is 0 Å². The van der Waals surface area contributed by atoms with Crippen LogP contribution in [0.15, 0.2) is 0 Å². The van der Waals surface area contributed by atoms with Gasteiger partial charge in [0, 0.05) is 32.6 Å². The number of carboxylic acid groups (broad SMARTS) is 1. The molecule has 1 amide bonds. The molecule has 0 aromatic carbocycles. The van der Waals surface area contributed by atoms with Gasteiger partial charge in [-0.3, -0.25) is 14.5 Å². The van der Waals surface area contributed by atoms with Crippen LogP contribution in [0.2, 0.25) is 0 Å². The van der Waals surface area contributed by atoms with Crippen molar-refractivity contribution >= 4 is 21.7 Å². The standard InChI is InChI=1S/C12H20N2O5S/c15-11(7-10-1-6-20(18,19)9-10)14-4-2-13(3-5-14)8-12(16)17/h10H,1-9H2,(H,16,17). The first-order valence-electron chi connectivity index (χ1n) is 6.78. The molecule has 0 saturated carbocycles. The summed E-state index contributed by atoms with van der Waals surface area (Å²) in [6, 6.07) is 0. The van der Waals surface area contributed by atoms with Crippen molar-refractivity contribution in [2.45, 2.75) is 12.8 Å². The molecule has 2 fully saturated rings. The zero-order valence-corrected chi connectivity index (χ0v) is 12.1. The Morgan fingerprint density at radius 1 is 1.15 bits per heavy atom. The van der Waals surface area contributed by atoms with Gasteiger partial charge >= 0.3 is 5.97 Å². The van der Waals surface area contributed by atoms with Crippen molar-refractivity contribution in [2.24, 2.45) is 5.92 Å². The highest BCUT2D eigenvalue weighted by Crippen LogP contribution is 2.22. The van der Waals surface area contributed by atoms with E-state index < -0.39 is 15.8 Å². The number of carbonyl (C=O) groups excluding carboxylic acids is 1. The minimum absolute atomic E-state index is 0.00288. The summed E-state index contributed by atoms with van der Waals surface area (Å²) in [4.78, 5) is 26.2. The lowest BCUT2D eigenvalue weighted by Gasteiger charge is -2.34. The fraction of sp³-hybridized carbons (Fsp3) is 0.833. The average Bonchev–Trinajstić information content (AvgIpc) is 2.68. The maximum atomic E-state index is 12.1. The minimum atomic E-state index is -2.94. The molecule has 2 aliphatic rings.